The van der Waals surface area contributed by atoms with Gasteiger partial charge >= 0.3 is 0 Å². The minimum Gasteiger partial charge on any atom is -0.421 e. The summed E-state index contributed by atoms with van der Waals surface area (Å²) in [7, 11) is 1.87. The third-order valence-corrected chi connectivity index (χ3v) is 6.45. The second-order valence-corrected chi connectivity index (χ2v) is 9.12. The van der Waals surface area contributed by atoms with Gasteiger partial charge in [0, 0.05) is 37.5 Å². The topological polar surface area (TPSA) is 143 Å². The fourth-order valence-corrected chi connectivity index (χ4v) is 4.64. The number of hydrogen-bond donors (Lipinski definition) is 2. The van der Waals surface area contributed by atoms with Gasteiger partial charge in [-0.15, -0.1) is 10.2 Å². The molecule has 0 amide bonds. The Balaban J connectivity index is 1.47. The van der Waals surface area contributed by atoms with Gasteiger partial charge in [0.25, 0.3) is 11.4 Å². The second-order valence-electron chi connectivity index (χ2n) is 9.12. The normalized spacial score (nSPS) is 14.3. The molecule has 5 aromatic rings. The molecule has 0 bridgehead atoms. The van der Waals surface area contributed by atoms with Gasteiger partial charge in [-0.1, -0.05) is 18.2 Å². The van der Waals surface area contributed by atoms with Crippen molar-refractivity contribution in [3.05, 3.63) is 64.9 Å². The zero-order chi connectivity index (χ0) is 25.0. The Morgan fingerprint density at radius 1 is 1.22 bits per heavy atom. The molecule has 0 saturated heterocycles. The third-order valence-electron chi connectivity index (χ3n) is 6.45. The average Bonchev–Trinajstić information content (AvgIpc) is 3.45. The van der Waals surface area contributed by atoms with Crippen LogP contribution in [0.4, 0.5) is 11.6 Å². The van der Waals surface area contributed by atoms with E-state index >= 15 is 0 Å². The molecule has 4 heterocycles. The van der Waals surface area contributed by atoms with E-state index in [-0.39, 0.29) is 29.4 Å². The van der Waals surface area contributed by atoms with Gasteiger partial charge in [0.1, 0.15) is 23.5 Å². The van der Waals surface area contributed by atoms with Crippen LogP contribution in [0.3, 0.4) is 0 Å². The Labute approximate surface area is 206 Å². The second kappa shape index (κ2) is 8.29. The molecule has 1 aliphatic rings. The number of nitrogens with two attached hydrogens (primary N) is 1. The van der Waals surface area contributed by atoms with Crippen molar-refractivity contribution in [3.8, 4) is 22.6 Å². The molecule has 1 saturated carbocycles. The van der Waals surface area contributed by atoms with Gasteiger partial charge in [-0.25, -0.2) is 9.97 Å². The van der Waals surface area contributed by atoms with Gasteiger partial charge in [-0.3, -0.25) is 9.48 Å². The lowest BCUT2D eigenvalue weighted by atomic mass is 10.00. The Morgan fingerprint density at radius 2 is 2.06 bits per heavy atom. The molecule has 11 nitrogen and oxygen atoms in total. The van der Waals surface area contributed by atoms with E-state index in [1.165, 1.54) is 6.33 Å². The number of rotatable bonds is 6. The molecule has 182 valence electrons. The fourth-order valence-electron chi connectivity index (χ4n) is 4.64. The predicted octanol–water partition coefficient (Wildman–Crippen LogP) is 3.64. The van der Waals surface area contributed by atoms with Gasteiger partial charge in [-0.2, -0.15) is 5.10 Å². The number of anilines is 2. The van der Waals surface area contributed by atoms with Crippen LogP contribution >= 0.6 is 0 Å². The van der Waals surface area contributed by atoms with Gasteiger partial charge in [0.15, 0.2) is 0 Å². The molecule has 0 aliphatic heterocycles. The summed E-state index contributed by atoms with van der Waals surface area (Å²) in [4.78, 5) is 22.5. The Morgan fingerprint density at radius 3 is 2.75 bits per heavy atom. The van der Waals surface area contributed by atoms with Crippen LogP contribution in [0.2, 0.25) is 0 Å². The molecule has 1 atom stereocenters. The molecule has 36 heavy (non-hydrogen) atoms. The van der Waals surface area contributed by atoms with Crippen molar-refractivity contribution in [3.63, 3.8) is 0 Å². The van der Waals surface area contributed by atoms with Crippen LogP contribution in [0.15, 0.2) is 52.2 Å². The van der Waals surface area contributed by atoms with Crippen molar-refractivity contribution < 1.29 is 4.42 Å². The van der Waals surface area contributed by atoms with Gasteiger partial charge in [-0.05, 0) is 36.8 Å². The molecule has 0 spiro atoms. The number of hydrogen-bond acceptors (Lipinski definition) is 9. The van der Waals surface area contributed by atoms with Crippen LogP contribution in [0.25, 0.3) is 33.4 Å². The maximum absolute atomic E-state index is 14.0. The molecule has 1 aromatic carbocycles. The lowest BCUT2D eigenvalue weighted by Gasteiger charge is -2.22. The number of nitrogens with one attached hydrogen (secondary N) is 1. The van der Waals surface area contributed by atoms with Crippen LogP contribution in [0, 0.1) is 6.92 Å². The van der Waals surface area contributed by atoms with E-state index in [9.17, 15) is 4.79 Å². The molecule has 1 aliphatic carbocycles. The molecule has 0 unspecified atom stereocenters. The summed E-state index contributed by atoms with van der Waals surface area (Å²) in [5, 5.41) is 17.3. The van der Waals surface area contributed by atoms with Crippen molar-refractivity contribution in [2.75, 3.05) is 11.1 Å². The summed E-state index contributed by atoms with van der Waals surface area (Å²) in [5.41, 5.74) is 9.24. The van der Waals surface area contributed by atoms with Crippen molar-refractivity contribution in [2.45, 2.75) is 38.8 Å². The Bertz CT molecular complexity index is 1660. The van der Waals surface area contributed by atoms with E-state index in [1.807, 2.05) is 42.9 Å². The SMILES string of the molecule is Cc1nnc(-c2c(N)ncnc2N[C@@H](C)c2cc3cccc(-c4cnn(C)c4)c3c(=O)n2C2CC2)o1. The lowest BCUT2D eigenvalue weighted by molar-refractivity contribution is 0.532. The highest BCUT2D eigenvalue weighted by molar-refractivity contribution is 5.96. The summed E-state index contributed by atoms with van der Waals surface area (Å²) in [5.74, 6) is 1.33. The molecule has 0 radical (unpaired) electrons. The largest absolute Gasteiger partial charge is 0.421 e. The molecule has 3 N–H and O–H groups in total. The van der Waals surface area contributed by atoms with Gasteiger partial charge < -0.3 is 20.0 Å². The predicted molar refractivity (Wildman–Crippen MR) is 135 cm³/mol. The average molecular weight is 484 g/mol. The molecule has 4 aromatic heterocycles. The first kappa shape index (κ1) is 22.0. The van der Waals surface area contributed by atoms with E-state index < -0.39 is 0 Å². The monoisotopic (exact) mass is 483 g/mol. The van der Waals surface area contributed by atoms with Gasteiger partial charge in [0.05, 0.1) is 17.6 Å². The van der Waals surface area contributed by atoms with E-state index in [0.29, 0.717) is 22.7 Å². The number of fused-ring (bicyclic) bond motifs is 1. The maximum Gasteiger partial charge on any atom is 0.259 e. The van der Waals surface area contributed by atoms with Crippen molar-refractivity contribution in [2.24, 2.45) is 7.05 Å². The number of nitrogens with zero attached hydrogens (tertiary/aromatic N) is 7. The van der Waals surface area contributed by atoms with E-state index in [1.54, 1.807) is 17.8 Å². The molecule has 1 fully saturated rings. The summed E-state index contributed by atoms with van der Waals surface area (Å²) in [6.07, 6.45) is 7.02. The summed E-state index contributed by atoms with van der Waals surface area (Å²) >= 11 is 0. The van der Waals surface area contributed by atoms with Crippen LogP contribution in [-0.2, 0) is 7.05 Å². The van der Waals surface area contributed by atoms with E-state index in [0.717, 1.165) is 35.0 Å². The smallest absolute Gasteiger partial charge is 0.259 e. The van der Waals surface area contributed by atoms with Crippen LogP contribution in [0.5, 0.6) is 0 Å². The first-order valence-electron chi connectivity index (χ1n) is 11.8. The first-order valence-corrected chi connectivity index (χ1v) is 11.8. The van der Waals surface area contributed by atoms with Crippen molar-refractivity contribution >= 4 is 22.4 Å². The molecular formula is C25H25N9O2. The standard InChI is InChI=1S/C25H25N9O2/c1-13(30-23-21(22(26)27-12-28-23)24-32-31-14(2)36-24)19-9-15-5-4-6-18(16-10-29-33(3)11-16)20(15)25(35)34(19)17-7-8-17/h4-6,9-13,17H,7-8H2,1-3H3,(H3,26,27,28,30)/t13-/m0/s1. The van der Waals surface area contributed by atoms with Crippen molar-refractivity contribution in [1.82, 2.24) is 34.5 Å². The van der Waals surface area contributed by atoms with E-state index in [2.05, 4.69) is 36.6 Å². The van der Waals surface area contributed by atoms with E-state index in [4.69, 9.17) is 10.2 Å². The highest BCUT2D eigenvalue weighted by Gasteiger charge is 2.30. The number of benzene rings is 1. The highest BCUT2D eigenvalue weighted by Crippen LogP contribution is 2.39. The summed E-state index contributed by atoms with van der Waals surface area (Å²) < 4.78 is 9.26. The van der Waals surface area contributed by atoms with Gasteiger partial charge in [0.2, 0.25) is 5.89 Å². The number of aromatic nitrogens is 7. The van der Waals surface area contributed by atoms with Crippen LogP contribution < -0.4 is 16.6 Å². The molecule has 11 heteroatoms. The van der Waals surface area contributed by atoms with Crippen LogP contribution in [-0.4, -0.2) is 34.5 Å². The molecular weight excluding hydrogens is 458 g/mol. The quantitative estimate of drug-likeness (QED) is 0.370. The first-order chi connectivity index (χ1) is 17.4. The minimum absolute atomic E-state index is 0.00643. The van der Waals surface area contributed by atoms with Crippen LogP contribution in [0.1, 0.15) is 43.4 Å². The number of aryl methyl sites for hydroxylation is 2. The zero-order valence-electron chi connectivity index (χ0n) is 20.1. The lowest BCUT2D eigenvalue weighted by Crippen LogP contribution is -2.26. The third kappa shape index (κ3) is 3.69. The summed E-state index contributed by atoms with van der Waals surface area (Å²) in [6, 6.07) is 7.88. The Hall–Kier alpha value is -4.54. The number of pyridine rings is 1. The maximum atomic E-state index is 14.0. The van der Waals surface area contributed by atoms with Crippen molar-refractivity contribution in [1.29, 1.82) is 0 Å². The molecule has 6 rings (SSSR count). The summed E-state index contributed by atoms with van der Waals surface area (Å²) in [6.45, 7) is 3.70. The number of nitrogen functional groups attached to an aromatic ring is 1. The highest BCUT2D eigenvalue weighted by atomic mass is 16.4. The fraction of sp³-hybridized carbons (Fsp3) is 0.280. The Kier molecular flexibility index (Phi) is 5.06. The zero-order valence-corrected chi connectivity index (χ0v) is 20.1. The minimum atomic E-state index is -0.276.